The minimum absolute atomic E-state index is 0.538. The zero-order valence-electron chi connectivity index (χ0n) is 11.8. The molecule has 1 atom stereocenters. The van der Waals surface area contributed by atoms with Gasteiger partial charge in [-0.15, -0.1) is 0 Å². The number of carbonyl (C=O) groups is 1. The molecule has 2 rings (SSSR count). The first-order valence-electron chi connectivity index (χ1n) is 7.10. The molecule has 1 heterocycles. The molecule has 106 valence electrons. The SMILES string of the molecule is CCCC1(C(=O)O)CCCN1Cc1ccccc1C#N. The Hall–Kier alpha value is -1.86. The highest BCUT2D eigenvalue weighted by atomic mass is 16.4. The van der Waals surface area contributed by atoms with Crippen LogP contribution >= 0.6 is 0 Å². The second kappa shape index (κ2) is 6.06. The number of likely N-dealkylation sites (tertiary alicyclic amines) is 1. The summed E-state index contributed by atoms with van der Waals surface area (Å²) in [6.45, 7) is 3.34. The van der Waals surface area contributed by atoms with Crippen molar-refractivity contribution in [3.05, 3.63) is 35.4 Å². The third-order valence-corrected chi connectivity index (χ3v) is 4.18. The normalized spacial score (nSPS) is 22.6. The highest BCUT2D eigenvalue weighted by molar-refractivity contribution is 5.79. The zero-order chi connectivity index (χ0) is 14.6. The van der Waals surface area contributed by atoms with E-state index in [1.54, 1.807) is 6.07 Å². The van der Waals surface area contributed by atoms with E-state index in [0.717, 1.165) is 24.9 Å². The average molecular weight is 272 g/mol. The van der Waals surface area contributed by atoms with Crippen molar-refractivity contribution in [1.29, 1.82) is 5.26 Å². The molecule has 4 nitrogen and oxygen atoms in total. The van der Waals surface area contributed by atoms with Gasteiger partial charge in [-0.3, -0.25) is 9.69 Å². The number of nitrogens with zero attached hydrogens (tertiary/aromatic N) is 2. The summed E-state index contributed by atoms with van der Waals surface area (Å²) in [4.78, 5) is 13.8. The van der Waals surface area contributed by atoms with Gasteiger partial charge in [-0.05, 0) is 37.4 Å². The van der Waals surface area contributed by atoms with Crippen molar-refractivity contribution in [3.8, 4) is 6.07 Å². The molecular formula is C16H20N2O2. The Morgan fingerprint density at radius 1 is 1.50 bits per heavy atom. The molecule has 1 N–H and O–H groups in total. The van der Waals surface area contributed by atoms with Crippen LogP contribution in [0.4, 0.5) is 0 Å². The number of aliphatic carboxylic acids is 1. The first-order chi connectivity index (χ1) is 9.64. The number of hydrogen-bond donors (Lipinski definition) is 1. The van der Waals surface area contributed by atoms with Gasteiger partial charge >= 0.3 is 5.97 Å². The maximum atomic E-state index is 11.8. The third-order valence-electron chi connectivity index (χ3n) is 4.18. The molecule has 0 aromatic heterocycles. The van der Waals surface area contributed by atoms with Crippen LogP contribution in [0, 0.1) is 11.3 Å². The van der Waals surface area contributed by atoms with Gasteiger partial charge in [0.15, 0.2) is 0 Å². The van der Waals surface area contributed by atoms with E-state index in [4.69, 9.17) is 5.26 Å². The molecule has 1 fully saturated rings. The lowest BCUT2D eigenvalue weighted by Gasteiger charge is -2.34. The summed E-state index contributed by atoms with van der Waals surface area (Å²) >= 11 is 0. The summed E-state index contributed by atoms with van der Waals surface area (Å²) in [5.74, 6) is -0.730. The molecule has 20 heavy (non-hydrogen) atoms. The van der Waals surface area contributed by atoms with Crippen molar-refractivity contribution in [2.24, 2.45) is 0 Å². The van der Waals surface area contributed by atoms with Gasteiger partial charge in [0.05, 0.1) is 11.6 Å². The monoisotopic (exact) mass is 272 g/mol. The van der Waals surface area contributed by atoms with Crippen molar-refractivity contribution in [1.82, 2.24) is 4.90 Å². The minimum atomic E-state index is -0.753. The first kappa shape index (κ1) is 14.5. The molecule has 0 saturated carbocycles. The van der Waals surface area contributed by atoms with Crippen LogP contribution in [-0.4, -0.2) is 28.1 Å². The van der Waals surface area contributed by atoms with Crippen LogP contribution in [0.25, 0.3) is 0 Å². The van der Waals surface area contributed by atoms with Gasteiger partial charge in [0, 0.05) is 6.54 Å². The van der Waals surface area contributed by atoms with Gasteiger partial charge in [-0.2, -0.15) is 5.26 Å². The van der Waals surface area contributed by atoms with E-state index >= 15 is 0 Å². The number of nitriles is 1. The third kappa shape index (κ3) is 2.54. The van der Waals surface area contributed by atoms with Crippen LogP contribution in [-0.2, 0) is 11.3 Å². The second-order valence-corrected chi connectivity index (χ2v) is 5.38. The van der Waals surface area contributed by atoms with Crippen molar-refractivity contribution in [2.75, 3.05) is 6.54 Å². The average Bonchev–Trinajstić information content (AvgIpc) is 2.84. The number of rotatable bonds is 5. The van der Waals surface area contributed by atoms with Crippen molar-refractivity contribution >= 4 is 5.97 Å². The summed E-state index contributed by atoms with van der Waals surface area (Å²) in [7, 11) is 0. The molecule has 1 aliphatic rings. The van der Waals surface area contributed by atoms with Gasteiger partial charge in [-0.1, -0.05) is 31.5 Å². The predicted octanol–water partition coefficient (Wildman–Crippen LogP) is 2.78. The molecule has 1 saturated heterocycles. The summed E-state index contributed by atoms with van der Waals surface area (Å²) in [5, 5.41) is 18.8. The van der Waals surface area contributed by atoms with E-state index in [1.165, 1.54) is 0 Å². The largest absolute Gasteiger partial charge is 0.480 e. The van der Waals surface area contributed by atoms with E-state index in [1.807, 2.05) is 30.0 Å². The highest BCUT2D eigenvalue weighted by Crippen LogP contribution is 2.35. The molecule has 1 unspecified atom stereocenters. The van der Waals surface area contributed by atoms with Crippen molar-refractivity contribution < 1.29 is 9.90 Å². The Kier molecular flexibility index (Phi) is 4.41. The lowest BCUT2D eigenvalue weighted by molar-refractivity contribution is -0.150. The highest BCUT2D eigenvalue weighted by Gasteiger charge is 2.46. The summed E-state index contributed by atoms with van der Waals surface area (Å²) in [6.07, 6.45) is 3.12. The summed E-state index contributed by atoms with van der Waals surface area (Å²) in [6, 6.07) is 9.61. The van der Waals surface area contributed by atoms with E-state index in [9.17, 15) is 9.90 Å². The van der Waals surface area contributed by atoms with Crippen LogP contribution in [0.3, 0.4) is 0 Å². The molecule has 0 amide bonds. The van der Waals surface area contributed by atoms with Crippen LogP contribution in [0.1, 0.15) is 43.7 Å². The topological polar surface area (TPSA) is 64.3 Å². The van der Waals surface area contributed by atoms with Crippen LogP contribution in [0.15, 0.2) is 24.3 Å². The Balaban J connectivity index is 2.27. The van der Waals surface area contributed by atoms with Crippen LogP contribution in [0.2, 0.25) is 0 Å². The zero-order valence-corrected chi connectivity index (χ0v) is 11.8. The lowest BCUT2D eigenvalue weighted by atomic mass is 9.90. The molecule has 1 aliphatic heterocycles. The van der Waals surface area contributed by atoms with Gasteiger partial charge in [0.25, 0.3) is 0 Å². The molecule has 0 radical (unpaired) electrons. The molecule has 1 aromatic rings. The minimum Gasteiger partial charge on any atom is -0.480 e. The predicted molar refractivity (Wildman–Crippen MR) is 76.1 cm³/mol. The van der Waals surface area contributed by atoms with Crippen molar-refractivity contribution in [3.63, 3.8) is 0 Å². The number of hydrogen-bond acceptors (Lipinski definition) is 3. The van der Waals surface area contributed by atoms with E-state index in [-0.39, 0.29) is 0 Å². The van der Waals surface area contributed by atoms with Gasteiger partial charge < -0.3 is 5.11 Å². The molecule has 1 aromatic carbocycles. The first-order valence-corrected chi connectivity index (χ1v) is 7.10. The Labute approximate surface area is 119 Å². The van der Waals surface area contributed by atoms with Gasteiger partial charge in [0.1, 0.15) is 5.54 Å². The van der Waals surface area contributed by atoms with Crippen molar-refractivity contribution in [2.45, 2.75) is 44.7 Å². The number of benzene rings is 1. The Bertz CT molecular complexity index is 536. The van der Waals surface area contributed by atoms with E-state index in [2.05, 4.69) is 6.07 Å². The summed E-state index contributed by atoms with van der Waals surface area (Å²) < 4.78 is 0. The molecule has 4 heteroatoms. The standard InChI is InChI=1S/C16H20N2O2/c1-2-8-16(15(19)20)9-5-10-18(16)12-14-7-4-3-6-13(14)11-17/h3-4,6-7H,2,5,8-10,12H2,1H3,(H,19,20). The fourth-order valence-electron chi connectivity index (χ4n) is 3.18. The fourth-order valence-corrected chi connectivity index (χ4v) is 3.18. The summed E-state index contributed by atoms with van der Waals surface area (Å²) in [5.41, 5.74) is 0.797. The van der Waals surface area contributed by atoms with Gasteiger partial charge in [-0.25, -0.2) is 0 Å². The molecule has 0 spiro atoms. The van der Waals surface area contributed by atoms with Crippen LogP contribution in [0.5, 0.6) is 0 Å². The van der Waals surface area contributed by atoms with Gasteiger partial charge in [0.2, 0.25) is 0 Å². The number of carboxylic acids is 1. The second-order valence-electron chi connectivity index (χ2n) is 5.38. The number of carboxylic acid groups (broad SMARTS) is 1. The Morgan fingerprint density at radius 3 is 2.90 bits per heavy atom. The van der Waals surface area contributed by atoms with E-state index < -0.39 is 11.5 Å². The Morgan fingerprint density at radius 2 is 2.25 bits per heavy atom. The van der Waals surface area contributed by atoms with E-state index in [0.29, 0.717) is 24.9 Å². The lowest BCUT2D eigenvalue weighted by Crippen LogP contribution is -2.50. The molecular weight excluding hydrogens is 252 g/mol. The smallest absolute Gasteiger partial charge is 0.324 e. The van der Waals surface area contributed by atoms with Crippen LogP contribution < -0.4 is 0 Å². The molecule has 0 bridgehead atoms. The maximum Gasteiger partial charge on any atom is 0.324 e. The quantitative estimate of drug-likeness (QED) is 0.895. The maximum absolute atomic E-state index is 11.8. The fraction of sp³-hybridized carbons (Fsp3) is 0.500. The molecule has 0 aliphatic carbocycles.